The summed E-state index contributed by atoms with van der Waals surface area (Å²) in [5.74, 6) is 0.575. The van der Waals surface area contributed by atoms with E-state index >= 15 is 0 Å². The Morgan fingerprint density at radius 1 is 0.769 bits per heavy atom. The highest BCUT2D eigenvalue weighted by molar-refractivity contribution is 5.72. The zero-order chi connectivity index (χ0) is 19.5. The van der Waals surface area contributed by atoms with Crippen LogP contribution in [-0.4, -0.2) is 19.1 Å². The lowest BCUT2D eigenvalue weighted by Crippen LogP contribution is -2.50. The van der Waals surface area contributed by atoms with E-state index in [2.05, 4.69) is 19.6 Å². The number of carbonyl (C=O) groups is 1. The van der Waals surface area contributed by atoms with Crippen LogP contribution < -0.4 is 5.73 Å². The molecular weight excluding hydrogens is 322 g/mol. The molecule has 0 aliphatic carbocycles. The largest absolute Gasteiger partial charge is 0.466 e. The minimum atomic E-state index is 0.0108. The molecule has 3 heteroatoms. The molecule has 0 fully saturated rings. The molecule has 0 rings (SSSR count). The fraction of sp³-hybridized carbons (Fsp3) is 0.957. The first-order chi connectivity index (χ1) is 12.7. The van der Waals surface area contributed by atoms with Gasteiger partial charge in [-0.15, -0.1) is 0 Å². The second-order valence-electron chi connectivity index (χ2n) is 7.97. The molecular formula is C23H48NO2+. The highest BCUT2D eigenvalue weighted by Gasteiger charge is 2.24. The van der Waals surface area contributed by atoms with Crippen LogP contribution in [0.3, 0.4) is 0 Å². The van der Waals surface area contributed by atoms with Crippen LogP contribution in [0, 0.1) is 11.8 Å². The molecule has 0 aliphatic rings. The molecule has 0 bridgehead atoms. The number of unbranched alkanes of at least 4 members (excludes halogenated alkanes) is 11. The lowest BCUT2D eigenvalue weighted by Gasteiger charge is -2.22. The third kappa shape index (κ3) is 14.6. The molecule has 3 N–H and O–H groups in total. The molecule has 0 heterocycles. The number of rotatable bonds is 19. The van der Waals surface area contributed by atoms with Gasteiger partial charge < -0.3 is 10.5 Å². The fourth-order valence-electron chi connectivity index (χ4n) is 3.76. The zero-order valence-electron chi connectivity index (χ0n) is 18.2. The van der Waals surface area contributed by atoms with Gasteiger partial charge in [-0.1, -0.05) is 84.5 Å². The summed E-state index contributed by atoms with van der Waals surface area (Å²) in [5.41, 5.74) is 3.90. The number of carbonyl (C=O) groups excluding carboxylic acids is 1. The first-order valence-corrected chi connectivity index (χ1v) is 11.6. The average Bonchev–Trinajstić information content (AvgIpc) is 2.64. The van der Waals surface area contributed by atoms with Crippen LogP contribution >= 0.6 is 0 Å². The van der Waals surface area contributed by atoms with E-state index in [-0.39, 0.29) is 11.9 Å². The summed E-state index contributed by atoms with van der Waals surface area (Å²) in [6.45, 7) is 7.82. The Balaban J connectivity index is 4.05. The van der Waals surface area contributed by atoms with E-state index in [9.17, 15) is 4.79 Å². The number of hydrogen-bond donors (Lipinski definition) is 1. The zero-order valence-corrected chi connectivity index (χ0v) is 18.2. The molecule has 0 saturated carbocycles. The fourth-order valence-corrected chi connectivity index (χ4v) is 3.76. The first kappa shape index (κ1) is 25.4. The Hall–Kier alpha value is -0.570. The predicted molar refractivity (Wildman–Crippen MR) is 112 cm³/mol. The molecule has 156 valence electrons. The van der Waals surface area contributed by atoms with Crippen LogP contribution in [0.15, 0.2) is 0 Å². The van der Waals surface area contributed by atoms with Gasteiger partial charge in [0.25, 0.3) is 0 Å². The van der Waals surface area contributed by atoms with Gasteiger partial charge in [-0.25, -0.2) is 0 Å². The normalized spacial score (nSPS) is 13.5. The van der Waals surface area contributed by atoms with Gasteiger partial charge in [-0.2, -0.15) is 0 Å². The maximum absolute atomic E-state index is 12.2. The van der Waals surface area contributed by atoms with Crippen molar-refractivity contribution in [2.75, 3.05) is 13.2 Å². The van der Waals surface area contributed by atoms with Gasteiger partial charge in [0, 0.05) is 0 Å². The van der Waals surface area contributed by atoms with Crippen molar-refractivity contribution in [3.8, 4) is 0 Å². The molecule has 3 nitrogen and oxygen atoms in total. The van der Waals surface area contributed by atoms with Crippen LogP contribution in [0.2, 0.25) is 0 Å². The molecule has 2 unspecified atom stereocenters. The molecule has 0 amide bonds. The van der Waals surface area contributed by atoms with Crippen molar-refractivity contribution in [1.82, 2.24) is 0 Å². The summed E-state index contributed by atoms with van der Waals surface area (Å²) in [6.07, 6.45) is 19.6. The van der Waals surface area contributed by atoms with Crippen LogP contribution in [-0.2, 0) is 9.53 Å². The molecule has 0 saturated heterocycles. The number of quaternary nitrogens is 1. The molecule has 0 aromatic rings. The maximum atomic E-state index is 12.2. The Bertz CT molecular complexity index is 307. The standard InChI is InChI=1S/C23H47NO2/c1-4-6-7-8-12-15-18-22(21(3)23(25)26-5-2)19-16-13-10-9-11-14-17-20-24/h21-22H,4-20,24H2,1-3H3/p+1. The van der Waals surface area contributed by atoms with Crippen LogP contribution in [0.4, 0.5) is 0 Å². The quantitative estimate of drug-likeness (QED) is 0.227. The van der Waals surface area contributed by atoms with E-state index in [1.807, 2.05) is 6.92 Å². The van der Waals surface area contributed by atoms with Crippen molar-refractivity contribution in [1.29, 1.82) is 0 Å². The second kappa shape index (κ2) is 19.2. The van der Waals surface area contributed by atoms with Crippen molar-refractivity contribution >= 4 is 5.97 Å². The van der Waals surface area contributed by atoms with Crippen LogP contribution in [0.25, 0.3) is 0 Å². The lowest BCUT2D eigenvalue weighted by molar-refractivity contribution is -0.368. The van der Waals surface area contributed by atoms with E-state index in [1.165, 1.54) is 96.3 Å². The van der Waals surface area contributed by atoms with Crippen LogP contribution in [0.5, 0.6) is 0 Å². The number of hydrogen-bond acceptors (Lipinski definition) is 2. The van der Waals surface area contributed by atoms with Crippen molar-refractivity contribution in [3.63, 3.8) is 0 Å². The topological polar surface area (TPSA) is 53.9 Å². The highest BCUT2D eigenvalue weighted by atomic mass is 16.5. The van der Waals surface area contributed by atoms with Gasteiger partial charge in [0.15, 0.2) is 0 Å². The first-order valence-electron chi connectivity index (χ1n) is 11.6. The number of ether oxygens (including phenoxy) is 1. The summed E-state index contributed by atoms with van der Waals surface area (Å²) in [5, 5.41) is 0. The van der Waals surface area contributed by atoms with Gasteiger partial charge >= 0.3 is 5.97 Å². The Labute approximate surface area is 163 Å². The highest BCUT2D eigenvalue weighted by Crippen LogP contribution is 2.27. The molecule has 26 heavy (non-hydrogen) atoms. The lowest BCUT2D eigenvalue weighted by atomic mass is 9.84. The van der Waals surface area contributed by atoms with Crippen molar-refractivity contribution < 1.29 is 15.3 Å². The third-order valence-corrected chi connectivity index (χ3v) is 5.62. The third-order valence-electron chi connectivity index (χ3n) is 5.62. The van der Waals surface area contributed by atoms with E-state index in [0.717, 1.165) is 6.54 Å². The van der Waals surface area contributed by atoms with E-state index < -0.39 is 0 Å². The summed E-state index contributed by atoms with van der Waals surface area (Å²) in [7, 11) is 0. The summed E-state index contributed by atoms with van der Waals surface area (Å²) in [4.78, 5) is 12.2. The Morgan fingerprint density at radius 2 is 1.23 bits per heavy atom. The molecule has 0 aromatic carbocycles. The minimum Gasteiger partial charge on any atom is -0.466 e. The van der Waals surface area contributed by atoms with Crippen molar-refractivity contribution in [2.24, 2.45) is 11.8 Å². The van der Waals surface area contributed by atoms with E-state index in [1.54, 1.807) is 0 Å². The molecule has 2 atom stereocenters. The van der Waals surface area contributed by atoms with Gasteiger partial charge in [0.1, 0.15) is 0 Å². The Morgan fingerprint density at radius 3 is 1.69 bits per heavy atom. The molecule has 0 aromatic heterocycles. The van der Waals surface area contributed by atoms with E-state index in [4.69, 9.17) is 4.74 Å². The molecule has 0 radical (unpaired) electrons. The summed E-state index contributed by atoms with van der Waals surface area (Å²) >= 11 is 0. The van der Waals surface area contributed by atoms with Crippen LogP contribution in [0.1, 0.15) is 117 Å². The van der Waals surface area contributed by atoms with Gasteiger partial charge in [0.2, 0.25) is 0 Å². The van der Waals surface area contributed by atoms with E-state index in [0.29, 0.717) is 12.5 Å². The smallest absolute Gasteiger partial charge is 0.308 e. The monoisotopic (exact) mass is 370 g/mol. The summed E-state index contributed by atoms with van der Waals surface area (Å²) in [6, 6.07) is 0. The summed E-state index contributed by atoms with van der Waals surface area (Å²) < 4.78 is 5.28. The van der Waals surface area contributed by atoms with Gasteiger partial charge in [-0.05, 0) is 38.5 Å². The minimum absolute atomic E-state index is 0.0108. The Kier molecular flexibility index (Phi) is 18.8. The number of esters is 1. The van der Waals surface area contributed by atoms with Crippen molar-refractivity contribution in [2.45, 2.75) is 117 Å². The maximum Gasteiger partial charge on any atom is 0.308 e. The van der Waals surface area contributed by atoms with Crippen molar-refractivity contribution in [3.05, 3.63) is 0 Å². The molecule has 0 aliphatic heterocycles. The predicted octanol–water partition coefficient (Wildman–Crippen LogP) is 5.92. The second-order valence-corrected chi connectivity index (χ2v) is 7.97. The average molecular weight is 371 g/mol. The SMILES string of the molecule is CCCCCCCCC(CCCCCCCCC[NH3+])C(C)C(=O)OCC. The van der Waals surface area contributed by atoms with Gasteiger partial charge in [0.05, 0.1) is 19.1 Å². The molecule has 0 spiro atoms. The van der Waals surface area contributed by atoms with Gasteiger partial charge in [-0.3, -0.25) is 4.79 Å².